The molecule has 0 radical (unpaired) electrons. The first-order valence-electron chi connectivity index (χ1n) is 7.87. The second-order valence-corrected chi connectivity index (χ2v) is 5.14. The second kappa shape index (κ2) is 10.9. The number of nitrogen functional groups attached to an aromatic ring is 1. The van der Waals surface area contributed by atoms with E-state index >= 15 is 0 Å². The molecule has 0 aromatic heterocycles. The van der Waals surface area contributed by atoms with E-state index < -0.39 is 5.97 Å². The highest BCUT2D eigenvalue weighted by atomic mass is 16.6. The molecule has 1 aromatic carbocycles. The molecule has 5 nitrogen and oxygen atoms in total. The predicted molar refractivity (Wildman–Crippen MR) is 87.3 cm³/mol. The van der Waals surface area contributed by atoms with Gasteiger partial charge >= 0.3 is 5.97 Å². The van der Waals surface area contributed by atoms with Crippen molar-refractivity contribution in [2.24, 2.45) is 0 Å². The van der Waals surface area contributed by atoms with Crippen LogP contribution in [0, 0.1) is 0 Å². The minimum absolute atomic E-state index is 0.227. The molecule has 0 atom stereocenters. The molecule has 0 aliphatic carbocycles. The molecule has 22 heavy (non-hydrogen) atoms. The van der Waals surface area contributed by atoms with Gasteiger partial charge in [0.15, 0.2) is 0 Å². The van der Waals surface area contributed by atoms with Gasteiger partial charge in [0, 0.05) is 7.11 Å². The summed E-state index contributed by atoms with van der Waals surface area (Å²) in [7, 11) is 1.56. The number of hydrogen-bond donors (Lipinski definition) is 1. The normalized spacial score (nSPS) is 10.5. The minimum Gasteiger partial charge on any atom is -0.491 e. The van der Waals surface area contributed by atoms with Crippen LogP contribution in [0.4, 0.5) is 5.69 Å². The molecule has 0 aliphatic rings. The highest BCUT2D eigenvalue weighted by Gasteiger charge is 2.10. The minimum atomic E-state index is -0.408. The Kier molecular flexibility index (Phi) is 9.07. The molecule has 1 rings (SSSR count). The van der Waals surface area contributed by atoms with Crippen molar-refractivity contribution in [1.29, 1.82) is 0 Å². The molecule has 2 N–H and O–H groups in total. The molecular formula is C17H27NO4. The van der Waals surface area contributed by atoms with Gasteiger partial charge in [-0.1, -0.05) is 32.6 Å². The van der Waals surface area contributed by atoms with E-state index in [2.05, 4.69) is 6.92 Å². The first-order valence-corrected chi connectivity index (χ1v) is 7.87. The third-order valence-electron chi connectivity index (χ3n) is 3.27. The summed E-state index contributed by atoms with van der Waals surface area (Å²) in [6.45, 7) is 3.44. The first-order chi connectivity index (χ1) is 10.7. The van der Waals surface area contributed by atoms with Gasteiger partial charge in [-0.05, 0) is 24.6 Å². The van der Waals surface area contributed by atoms with Crippen LogP contribution < -0.4 is 10.5 Å². The number of methoxy groups -OCH3 is 1. The van der Waals surface area contributed by atoms with E-state index in [9.17, 15) is 4.79 Å². The number of benzene rings is 1. The SMILES string of the molecule is CCCCCCCOc1ccc(C(=O)OCCOC)cc1N. The van der Waals surface area contributed by atoms with Crippen molar-refractivity contribution in [3.8, 4) is 5.75 Å². The van der Waals surface area contributed by atoms with Gasteiger partial charge in [-0.25, -0.2) is 4.79 Å². The Bertz CT molecular complexity index is 448. The summed E-state index contributed by atoms with van der Waals surface area (Å²) in [5.41, 5.74) is 6.79. The van der Waals surface area contributed by atoms with Crippen LogP contribution in [0.2, 0.25) is 0 Å². The standard InChI is InChI=1S/C17H27NO4/c1-3-4-5-6-7-10-21-16-9-8-14(13-15(16)18)17(19)22-12-11-20-2/h8-9,13H,3-7,10-12,18H2,1-2H3. The molecule has 0 heterocycles. The van der Waals surface area contributed by atoms with Crippen LogP contribution in [0.15, 0.2) is 18.2 Å². The van der Waals surface area contributed by atoms with Crippen LogP contribution in [0.25, 0.3) is 0 Å². The van der Waals surface area contributed by atoms with Crippen molar-refractivity contribution in [2.75, 3.05) is 32.7 Å². The van der Waals surface area contributed by atoms with Gasteiger partial charge in [0.05, 0.1) is 24.5 Å². The Labute approximate surface area is 132 Å². The van der Waals surface area contributed by atoms with E-state index in [1.54, 1.807) is 25.3 Å². The van der Waals surface area contributed by atoms with Crippen LogP contribution in [0.3, 0.4) is 0 Å². The Balaban J connectivity index is 2.39. The number of unbranched alkanes of at least 4 members (excludes halogenated alkanes) is 4. The second-order valence-electron chi connectivity index (χ2n) is 5.14. The molecule has 0 bridgehead atoms. The van der Waals surface area contributed by atoms with Crippen LogP contribution in [0.1, 0.15) is 49.4 Å². The first kappa shape index (κ1) is 18.3. The Morgan fingerprint density at radius 1 is 1.09 bits per heavy atom. The zero-order chi connectivity index (χ0) is 16.2. The number of rotatable bonds is 11. The Morgan fingerprint density at radius 2 is 1.86 bits per heavy atom. The van der Waals surface area contributed by atoms with Crippen LogP contribution in [0.5, 0.6) is 5.75 Å². The third kappa shape index (κ3) is 6.80. The summed E-state index contributed by atoms with van der Waals surface area (Å²) in [4.78, 5) is 11.8. The molecule has 5 heteroatoms. The fourth-order valence-corrected chi connectivity index (χ4v) is 2.00. The monoisotopic (exact) mass is 309 g/mol. The largest absolute Gasteiger partial charge is 0.491 e. The molecule has 0 unspecified atom stereocenters. The zero-order valence-electron chi connectivity index (χ0n) is 13.6. The van der Waals surface area contributed by atoms with E-state index in [1.165, 1.54) is 19.3 Å². The van der Waals surface area contributed by atoms with E-state index in [-0.39, 0.29) is 6.61 Å². The molecule has 0 amide bonds. The number of hydrogen-bond acceptors (Lipinski definition) is 5. The van der Waals surface area contributed by atoms with Gasteiger partial charge in [0.2, 0.25) is 0 Å². The van der Waals surface area contributed by atoms with Crippen molar-refractivity contribution in [3.05, 3.63) is 23.8 Å². The summed E-state index contributed by atoms with van der Waals surface area (Å²) in [5, 5.41) is 0. The highest BCUT2D eigenvalue weighted by molar-refractivity contribution is 5.91. The lowest BCUT2D eigenvalue weighted by Gasteiger charge is -2.10. The quantitative estimate of drug-likeness (QED) is 0.385. The van der Waals surface area contributed by atoms with E-state index in [0.29, 0.717) is 30.2 Å². The summed E-state index contributed by atoms with van der Waals surface area (Å²) in [6.07, 6.45) is 5.91. The van der Waals surface area contributed by atoms with Crippen LogP contribution >= 0.6 is 0 Å². The fourth-order valence-electron chi connectivity index (χ4n) is 2.00. The maximum atomic E-state index is 11.8. The van der Waals surface area contributed by atoms with Gasteiger partial charge in [0.1, 0.15) is 12.4 Å². The zero-order valence-corrected chi connectivity index (χ0v) is 13.6. The average molecular weight is 309 g/mol. The molecule has 0 spiro atoms. The van der Waals surface area contributed by atoms with E-state index in [4.69, 9.17) is 19.9 Å². The molecule has 0 saturated carbocycles. The number of anilines is 1. The fraction of sp³-hybridized carbons (Fsp3) is 0.588. The van der Waals surface area contributed by atoms with Gasteiger partial charge < -0.3 is 19.9 Å². The summed E-state index contributed by atoms with van der Waals surface area (Å²) in [6, 6.07) is 4.97. The topological polar surface area (TPSA) is 70.8 Å². The predicted octanol–water partition coefficient (Wildman–Crippen LogP) is 3.42. The summed E-state index contributed by atoms with van der Waals surface area (Å²) < 4.78 is 15.5. The molecule has 0 saturated heterocycles. The lowest BCUT2D eigenvalue weighted by molar-refractivity contribution is 0.0388. The van der Waals surface area contributed by atoms with Gasteiger partial charge in [-0.15, -0.1) is 0 Å². The number of carbonyl (C=O) groups excluding carboxylic acids is 1. The van der Waals surface area contributed by atoms with Crippen molar-refractivity contribution in [1.82, 2.24) is 0 Å². The number of ether oxygens (including phenoxy) is 3. The Morgan fingerprint density at radius 3 is 2.55 bits per heavy atom. The maximum Gasteiger partial charge on any atom is 0.338 e. The van der Waals surface area contributed by atoms with E-state index in [1.807, 2.05) is 0 Å². The average Bonchev–Trinajstić information content (AvgIpc) is 2.52. The van der Waals surface area contributed by atoms with Gasteiger partial charge in [-0.3, -0.25) is 0 Å². The molecule has 0 aliphatic heterocycles. The van der Waals surface area contributed by atoms with E-state index in [0.717, 1.165) is 12.8 Å². The summed E-state index contributed by atoms with van der Waals surface area (Å²) >= 11 is 0. The maximum absolute atomic E-state index is 11.8. The number of esters is 1. The lowest BCUT2D eigenvalue weighted by Crippen LogP contribution is -2.10. The highest BCUT2D eigenvalue weighted by Crippen LogP contribution is 2.23. The molecule has 124 valence electrons. The Hall–Kier alpha value is -1.75. The smallest absolute Gasteiger partial charge is 0.338 e. The van der Waals surface area contributed by atoms with Gasteiger partial charge in [-0.2, -0.15) is 0 Å². The van der Waals surface area contributed by atoms with Crippen molar-refractivity contribution in [3.63, 3.8) is 0 Å². The van der Waals surface area contributed by atoms with Gasteiger partial charge in [0.25, 0.3) is 0 Å². The number of carbonyl (C=O) groups is 1. The van der Waals surface area contributed by atoms with Crippen molar-refractivity contribution in [2.45, 2.75) is 39.0 Å². The molecule has 0 fully saturated rings. The van der Waals surface area contributed by atoms with Crippen LogP contribution in [-0.4, -0.2) is 32.9 Å². The van der Waals surface area contributed by atoms with Crippen molar-refractivity contribution >= 4 is 11.7 Å². The van der Waals surface area contributed by atoms with Crippen LogP contribution in [-0.2, 0) is 9.47 Å². The summed E-state index contributed by atoms with van der Waals surface area (Å²) in [5.74, 6) is 0.207. The molecule has 1 aromatic rings. The lowest BCUT2D eigenvalue weighted by atomic mass is 10.1. The number of nitrogens with two attached hydrogens (primary N) is 1. The third-order valence-corrected chi connectivity index (χ3v) is 3.27. The van der Waals surface area contributed by atoms with Crippen molar-refractivity contribution < 1.29 is 19.0 Å². The molecular weight excluding hydrogens is 282 g/mol.